The zero-order valence-electron chi connectivity index (χ0n) is 6.69. The van der Waals surface area contributed by atoms with E-state index in [0.717, 1.165) is 15.6 Å². The summed E-state index contributed by atoms with van der Waals surface area (Å²) >= 11 is 5.67. The molecule has 1 heterocycles. The highest BCUT2D eigenvalue weighted by Gasteiger charge is 2.06. The standard InChI is InChI=1S/C9H8O2S2/c10-3-5-1-9-6(2-8(5)12)7(11)4-13-9/h1-2,4,10-12H,3H2. The number of hydrogen-bond donors (Lipinski definition) is 3. The van der Waals surface area contributed by atoms with E-state index in [9.17, 15) is 5.11 Å². The first-order chi connectivity index (χ1) is 6.22. The van der Waals surface area contributed by atoms with Crippen molar-refractivity contribution in [1.82, 2.24) is 0 Å². The summed E-state index contributed by atoms with van der Waals surface area (Å²) in [5.74, 6) is 0.278. The Hall–Kier alpha value is -0.710. The molecule has 0 amide bonds. The van der Waals surface area contributed by atoms with Crippen LogP contribution in [0.4, 0.5) is 0 Å². The van der Waals surface area contributed by atoms with Crippen molar-refractivity contribution in [3.8, 4) is 5.75 Å². The number of hydrogen-bond acceptors (Lipinski definition) is 4. The van der Waals surface area contributed by atoms with Gasteiger partial charge in [0, 0.05) is 20.4 Å². The Balaban J connectivity index is 2.76. The van der Waals surface area contributed by atoms with Crippen LogP contribution in [0.5, 0.6) is 5.75 Å². The fourth-order valence-corrected chi connectivity index (χ4v) is 2.35. The van der Waals surface area contributed by atoms with E-state index in [-0.39, 0.29) is 12.4 Å². The molecule has 0 aliphatic carbocycles. The lowest BCUT2D eigenvalue weighted by Crippen LogP contribution is -1.84. The molecule has 2 aromatic rings. The van der Waals surface area contributed by atoms with E-state index in [1.807, 2.05) is 6.07 Å². The van der Waals surface area contributed by atoms with Crippen molar-refractivity contribution in [2.75, 3.05) is 0 Å². The highest BCUT2D eigenvalue weighted by Crippen LogP contribution is 2.34. The van der Waals surface area contributed by atoms with E-state index >= 15 is 0 Å². The molecule has 0 aliphatic rings. The van der Waals surface area contributed by atoms with Crippen LogP contribution in [0.1, 0.15) is 5.56 Å². The van der Waals surface area contributed by atoms with Crippen LogP contribution in [0.15, 0.2) is 22.4 Å². The van der Waals surface area contributed by atoms with Gasteiger partial charge in [-0.25, -0.2) is 0 Å². The molecule has 0 saturated heterocycles. The Kier molecular flexibility index (Phi) is 2.19. The SMILES string of the molecule is OCc1cc2scc(O)c2cc1S. The normalized spacial score (nSPS) is 10.9. The molecule has 1 aromatic heterocycles. The number of aliphatic hydroxyl groups is 1. The summed E-state index contributed by atoms with van der Waals surface area (Å²) in [6, 6.07) is 3.62. The molecule has 4 heteroatoms. The Bertz CT molecular complexity index is 448. The predicted molar refractivity (Wildman–Crippen MR) is 56.7 cm³/mol. The van der Waals surface area contributed by atoms with E-state index in [4.69, 9.17) is 5.11 Å². The lowest BCUT2D eigenvalue weighted by atomic mass is 10.2. The number of aliphatic hydroxyl groups excluding tert-OH is 1. The lowest BCUT2D eigenvalue weighted by Gasteiger charge is -2.01. The Labute approximate surface area is 84.9 Å². The van der Waals surface area contributed by atoms with Crippen LogP contribution in [0.3, 0.4) is 0 Å². The average molecular weight is 212 g/mol. The van der Waals surface area contributed by atoms with Crippen molar-refractivity contribution < 1.29 is 10.2 Å². The van der Waals surface area contributed by atoms with E-state index in [1.54, 1.807) is 11.4 Å². The minimum atomic E-state index is -0.0204. The maximum atomic E-state index is 9.41. The van der Waals surface area contributed by atoms with E-state index < -0.39 is 0 Å². The quantitative estimate of drug-likeness (QED) is 0.635. The molecule has 0 radical (unpaired) electrons. The first kappa shape index (κ1) is 8.87. The van der Waals surface area contributed by atoms with Gasteiger partial charge in [-0.05, 0) is 17.7 Å². The van der Waals surface area contributed by atoms with Gasteiger partial charge in [-0.1, -0.05) is 0 Å². The van der Waals surface area contributed by atoms with Crippen molar-refractivity contribution >= 4 is 34.1 Å². The summed E-state index contributed by atoms with van der Waals surface area (Å²) in [6.45, 7) is -0.0204. The fourth-order valence-electron chi connectivity index (χ4n) is 1.22. The number of thiophene rings is 1. The third-order valence-corrected chi connectivity index (χ3v) is 3.27. The lowest BCUT2D eigenvalue weighted by molar-refractivity contribution is 0.279. The van der Waals surface area contributed by atoms with E-state index in [2.05, 4.69) is 12.6 Å². The number of aromatic hydroxyl groups is 1. The van der Waals surface area contributed by atoms with Crippen LogP contribution in [0.25, 0.3) is 10.1 Å². The molecule has 0 fully saturated rings. The van der Waals surface area contributed by atoms with Crippen molar-refractivity contribution in [3.05, 3.63) is 23.1 Å². The second kappa shape index (κ2) is 3.21. The molecule has 0 spiro atoms. The molecular weight excluding hydrogens is 204 g/mol. The smallest absolute Gasteiger partial charge is 0.134 e. The van der Waals surface area contributed by atoms with Gasteiger partial charge in [-0.3, -0.25) is 0 Å². The van der Waals surface area contributed by atoms with Crippen LogP contribution in [-0.4, -0.2) is 10.2 Å². The van der Waals surface area contributed by atoms with Crippen molar-refractivity contribution in [1.29, 1.82) is 0 Å². The minimum absolute atomic E-state index is 0.0204. The van der Waals surface area contributed by atoms with Gasteiger partial charge in [0.15, 0.2) is 0 Å². The number of rotatable bonds is 1. The van der Waals surface area contributed by atoms with Gasteiger partial charge in [-0.2, -0.15) is 0 Å². The largest absolute Gasteiger partial charge is 0.506 e. The molecule has 2 nitrogen and oxygen atoms in total. The highest BCUT2D eigenvalue weighted by molar-refractivity contribution is 7.80. The van der Waals surface area contributed by atoms with Crippen molar-refractivity contribution in [2.24, 2.45) is 0 Å². The summed E-state index contributed by atoms with van der Waals surface area (Å²) in [6.07, 6.45) is 0. The molecule has 0 aliphatic heterocycles. The second-order valence-electron chi connectivity index (χ2n) is 2.76. The van der Waals surface area contributed by atoms with Gasteiger partial charge < -0.3 is 10.2 Å². The molecule has 68 valence electrons. The molecule has 1 aromatic carbocycles. The summed E-state index contributed by atoms with van der Waals surface area (Å²) in [5.41, 5.74) is 0.790. The van der Waals surface area contributed by atoms with Crippen LogP contribution in [0.2, 0.25) is 0 Å². The van der Waals surface area contributed by atoms with Crippen LogP contribution in [0, 0.1) is 0 Å². The van der Waals surface area contributed by atoms with Gasteiger partial charge in [0.2, 0.25) is 0 Å². The maximum Gasteiger partial charge on any atom is 0.134 e. The molecular formula is C9H8O2S2. The van der Waals surface area contributed by atoms with Gasteiger partial charge in [0.25, 0.3) is 0 Å². The van der Waals surface area contributed by atoms with Crippen LogP contribution in [-0.2, 0) is 6.61 Å². The number of thiol groups is 1. The first-order valence-corrected chi connectivity index (χ1v) is 5.08. The predicted octanol–water partition coefficient (Wildman–Crippen LogP) is 2.39. The number of fused-ring (bicyclic) bond motifs is 1. The Morgan fingerprint density at radius 3 is 2.85 bits per heavy atom. The fraction of sp³-hybridized carbons (Fsp3) is 0.111. The topological polar surface area (TPSA) is 40.5 Å². The van der Waals surface area contributed by atoms with Gasteiger partial charge in [0.1, 0.15) is 5.75 Å². The summed E-state index contributed by atoms with van der Waals surface area (Å²) in [5, 5.41) is 20.9. The van der Waals surface area contributed by atoms with E-state index in [1.165, 1.54) is 11.3 Å². The van der Waals surface area contributed by atoms with Crippen LogP contribution >= 0.6 is 24.0 Å². The molecule has 0 atom stereocenters. The molecule has 0 unspecified atom stereocenters. The summed E-state index contributed by atoms with van der Waals surface area (Å²) < 4.78 is 0.972. The van der Waals surface area contributed by atoms with Crippen molar-refractivity contribution in [2.45, 2.75) is 11.5 Å². The van der Waals surface area contributed by atoms with E-state index in [0.29, 0.717) is 4.90 Å². The maximum absolute atomic E-state index is 9.41. The Morgan fingerprint density at radius 2 is 2.15 bits per heavy atom. The molecule has 13 heavy (non-hydrogen) atoms. The molecule has 0 saturated carbocycles. The zero-order chi connectivity index (χ0) is 9.42. The molecule has 2 rings (SSSR count). The number of benzene rings is 1. The third kappa shape index (κ3) is 1.41. The first-order valence-electron chi connectivity index (χ1n) is 3.75. The molecule has 0 bridgehead atoms. The minimum Gasteiger partial charge on any atom is -0.506 e. The van der Waals surface area contributed by atoms with Gasteiger partial charge in [-0.15, -0.1) is 24.0 Å². The third-order valence-electron chi connectivity index (χ3n) is 1.92. The summed E-state index contributed by atoms with van der Waals surface area (Å²) in [4.78, 5) is 0.712. The second-order valence-corrected chi connectivity index (χ2v) is 4.15. The van der Waals surface area contributed by atoms with Gasteiger partial charge >= 0.3 is 0 Å². The summed E-state index contributed by atoms with van der Waals surface area (Å²) in [7, 11) is 0. The van der Waals surface area contributed by atoms with Gasteiger partial charge in [0.05, 0.1) is 6.61 Å². The Morgan fingerprint density at radius 1 is 1.38 bits per heavy atom. The zero-order valence-corrected chi connectivity index (χ0v) is 8.40. The van der Waals surface area contributed by atoms with Crippen molar-refractivity contribution in [3.63, 3.8) is 0 Å². The highest BCUT2D eigenvalue weighted by atomic mass is 32.1. The molecule has 2 N–H and O–H groups in total. The monoisotopic (exact) mass is 212 g/mol. The average Bonchev–Trinajstić information content (AvgIpc) is 2.47. The van der Waals surface area contributed by atoms with Crippen LogP contribution < -0.4 is 0 Å².